The Bertz CT molecular complexity index is 632. The van der Waals surface area contributed by atoms with Crippen LogP contribution in [0.1, 0.15) is 5.56 Å². The summed E-state index contributed by atoms with van der Waals surface area (Å²) in [7, 11) is 1.25. The maximum atomic E-state index is 11.3. The van der Waals surface area contributed by atoms with Crippen molar-refractivity contribution in [3.05, 3.63) is 41.6 Å². The van der Waals surface area contributed by atoms with Crippen LogP contribution >= 0.6 is 0 Å². The average Bonchev–Trinajstić information content (AvgIpc) is 2.78. The fraction of sp³-hybridized carbons (Fsp3) is 0.0769. The van der Waals surface area contributed by atoms with Crippen molar-refractivity contribution in [2.45, 2.75) is 0 Å². The van der Waals surface area contributed by atoms with E-state index in [4.69, 9.17) is 5.26 Å². The molecule has 0 aliphatic carbocycles. The van der Waals surface area contributed by atoms with E-state index in [0.717, 1.165) is 16.5 Å². The van der Waals surface area contributed by atoms with Gasteiger partial charge in [0.2, 0.25) is 0 Å². The second kappa shape index (κ2) is 4.54. The number of nitrogens with zero attached hydrogens (tertiary/aromatic N) is 1. The zero-order valence-electron chi connectivity index (χ0n) is 9.23. The second-order valence-electron chi connectivity index (χ2n) is 3.45. The second-order valence-corrected chi connectivity index (χ2v) is 3.45. The van der Waals surface area contributed by atoms with E-state index in [1.54, 1.807) is 6.20 Å². The number of carbonyl (C=O) groups excluding carboxylic acids is 1. The summed E-state index contributed by atoms with van der Waals surface area (Å²) in [4.78, 5) is 14.4. The molecule has 0 bridgehead atoms. The van der Waals surface area contributed by atoms with Gasteiger partial charge in [0.25, 0.3) is 0 Å². The van der Waals surface area contributed by atoms with Crippen molar-refractivity contribution in [2.75, 3.05) is 7.11 Å². The standard InChI is InChI=1S/C13H10N2O2/c1-17-13(16)9(7-14)6-10-8-15-12-5-3-2-4-11(10)12/h2-6,8,15H,1H3/b9-6+. The van der Waals surface area contributed by atoms with Gasteiger partial charge in [-0.1, -0.05) is 18.2 Å². The number of para-hydroxylation sites is 1. The minimum Gasteiger partial charge on any atom is -0.465 e. The van der Waals surface area contributed by atoms with Crippen molar-refractivity contribution in [1.29, 1.82) is 5.26 Å². The molecular formula is C13H10N2O2. The first kappa shape index (κ1) is 11.0. The Kier molecular flexibility index (Phi) is 2.93. The summed E-state index contributed by atoms with van der Waals surface area (Å²) in [5.74, 6) is -0.627. The summed E-state index contributed by atoms with van der Waals surface area (Å²) in [6.07, 6.45) is 3.27. The molecule has 1 aromatic heterocycles. The van der Waals surface area contributed by atoms with E-state index >= 15 is 0 Å². The van der Waals surface area contributed by atoms with Crippen molar-refractivity contribution >= 4 is 22.9 Å². The molecule has 0 aliphatic rings. The molecule has 4 heteroatoms. The monoisotopic (exact) mass is 226 g/mol. The summed E-state index contributed by atoms with van der Waals surface area (Å²) >= 11 is 0. The molecule has 0 amide bonds. The van der Waals surface area contributed by atoms with Crippen molar-refractivity contribution in [3.63, 3.8) is 0 Å². The molecule has 84 valence electrons. The number of methoxy groups -OCH3 is 1. The molecule has 2 aromatic rings. The third-order valence-corrected chi connectivity index (χ3v) is 2.45. The van der Waals surface area contributed by atoms with Gasteiger partial charge in [-0.25, -0.2) is 4.79 Å². The maximum absolute atomic E-state index is 11.3. The van der Waals surface area contributed by atoms with Crippen molar-refractivity contribution in [1.82, 2.24) is 4.98 Å². The van der Waals surface area contributed by atoms with E-state index in [9.17, 15) is 4.79 Å². The molecule has 0 radical (unpaired) electrons. The molecule has 0 saturated carbocycles. The Labute approximate surface area is 98.1 Å². The zero-order chi connectivity index (χ0) is 12.3. The Morgan fingerprint density at radius 3 is 2.94 bits per heavy atom. The predicted octanol–water partition coefficient (Wildman–Crippen LogP) is 2.25. The topological polar surface area (TPSA) is 65.9 Å². The number of nitriles is 1. The number of H-pyrrole nitrogens is 1. The lowest BCUT2D eigenvalue weighted by atomic mass is 10.1. The fourth-order valence-corrected chi connectivity index (χ4v) is 1.62. The van der Waals surface area contributed by atoms with Crippen LogP contribution in [0.2, 0.25) is 0 Å². The Morgan fingerprint density at radius 2 is 2.24 bits per heavy atom. The molecule has 1 N–H and O–H groups in total. The molecule has 0 aliphatic heterocycles. The Morgan fingerprint density at radius 1 is 1.47 bits per heavy atom. The molecule has 1 aromatic carbocycles. The maximum Gasteiger partial charge on any atom is 0.348 e. The van der Waals surface area contributed by atoms with Crippen LogP contribution in [0, 0.1) is 11.3 Å². The van der Waals surface area contributed by atoms with E-state index in [-0.39, 0.29) is 5.57 Å². The van der Waals surface area contributed by atoms with Crippen LogP contribution in [0.25, 0.3) is 17.0 Å². The molecule has 0 spiro atoms. The normalized spacial score (nSPS) is 11.2. The number of nitrogens with one attached hydrogen (secondary N) is 1. The molecule has 0 atom stereocenters. The zero-order valence-corrected chi connectivity index (χ0v) is 9.23. The summed E-state index contributed by atoms with van der Waals surface area (Å²) in [6.45, 7) is 0. The highest BCUT2D eigenvalue weighted by Crippen LogP contribution is 2.20. The van der Waals surface area contributed by atoms with Gasteiger partial charge in [-0.05, 0) is 12.1 Å². The summed E-state index contributed by atoms with van der Waals surface area (Å²) < 4.78 is 4.52. The van der Waals surface area contributed by atoms with E-state index in [0.29, 0.717) is 0 Å². The number of rotatable bonds is 2. The summed E-state index contributed by atoms with van der Waals surface area (Å²) in [5.41, 5.74) is 1.74. The van der Waals surface area contributed by atoms with Gasteiger partial charge in [0.15, 0.2) is 0 Å². The van der Waals surface area contributed by atoms with Gasteiger partial charge in [0, 0.05) is 22.7 Å². The summed E-state index contributed by atoms with van der Waals surface area (Å²) in [5, 5.41) is 9.83. The van der Waals surface area contributed by atoms with Gasteiger partial charge in [0.1, 0.15) is 11.6 Å². The molecule has 0 unspecified atom stereocenters. The molecule has 0 saturated heterocycles. The van der Waals surface area contributed by atoms with Gasteiger partial charge in [-0.3, -0.25) is 0 Å². The number of esters is 1. The Hall–Kier alpha value is -2.54. The quantitative estimate of drug-likeness (QED) is 0.485. The molecule has 2 rings (SSSR count). The SMILES string of the molecule is COC(=O)/C(C#N)=C/c1c[nH]c2ccccc12. The Balaban J connectivity index is 2.51. The number of benzene rings is 1. The van der Waals surface area contributed by atoms with Crippen molar-refractivity contribution in [2.24, 2.45) is 0 Å². The number of hydrogen-bond acceptors (Lipinski definition) is 3. The van der Waals surface area contributed by atoms with E-state index in [1.807, 2.05) is 30.3 Å². The van der Waals surface area contributed by atoms with Gasteiger partial charge >= 0.3 is 5.97 Å². The largest absolute Gasteiger partial charge is 0.465 e. The minimum absolute atomic E-state index is 0.0164. The third kappa shape index (κ3) is 2.04. The first-order chi connectivity index (χ1) is 8.26. The van der Waals surface area contributed by atoms with Gasteiger partial charge in [0.05, 0.1) is 7.11 Å². The van der Waals surface area contributed by atoms with Gasteiger partial charge < -0.3 is 9.72 Å². The van der Waals surface area contributed by atoms with Crippen LogP contribution in [-0.4, -0.2) is 18.1 Å². The van der Waals surface area contributed by atoms with Crippen LogP contribution in [0.5, 0.6) is 0 Å². The van der Waals surface area contributed by atoms with Gasteiger partial charge in [-0.15, -0.1) is 0 Å². The lowest BCUT2D eigenvalue weighted by Crippen LogP contribution is -2.02. The van der Waals surface area contributed by atoms with E-state index in [2.05, 4.69) is 9.72 Å². The minimum atomic E-state index is -0.627. The number of aromatic amines is 1. The first-order valence-corrected chi connectivity index (χ1v) is 5.02. The summed E-state index contributed by atoms with van der Waals surface area (Å²) in [6, 6.07) is 9.49. The van der Waals surface area contributed by atoms with Crippen molar-refractivity contribution < 1.29 is 9.53 Å². The molecule has 17 heavy (non-hydrogen) atoms. The van der Waals surface area contributed by atoms with Crippen LogP contribution < -0.4 is 0 Å². The first-order valence-electron chi connectivity index (χ1n) is 5.02. The average molecular weight is 226 g/mol. The van der Waals surface area contributed by atoms with Crippen LogP contribution in [0.3, 0.4) is 0 Å². The number of hydrogen-bond donors (Lipinski definition) is 1. The van der Waals surface area contributed by atoms with Crippen LogP contribution in [-0.2, 0) is 9.53 Å². The van der Waals surface area contributed by atoms with Crippen molar-refractivity contribution in [3.8, 4) is 6.07 Å². The number of aromatic nitrogens is 1. The van der Waals surface area contributed by atoms with E-state index in [1.165, 1.54) is 13.2 Å². The number of ether oxygens (including phenoxy) is 1. The van der Waals surface area contributed by atoms with Crippen LogP contribution in [0.15, 0.2) is 36.0 Å². The highest BCUT2D eigenvalue weighted by Gasteiger charge is 2.10. The molecule has 4 nitrogen and oxygen atoms in total. The lowest BCUT2D eigenvalue weighted by molar-refractivity contribution is -0.135. The van der Waals surface area contributed by atoms with Crippen LogP contribution in [0.4, 0.5) is 0 Å². The molecule has 1 heterocycles. The lowest BCUT2D eigenvalue weighted by Gasteiger charge is -1.95. The number of carbonyl (C=O) groups is 1. The third-order valence-electron chi connectivity index (χ3n) is 2.45. The number of fused-ring (bicyclic) bond motifs is 1. The highest BCUT2D eigenvalue weighted by atomic mass is 16.5. The molecular weight excluding hydrogens is 216 g/mol. The fourth-order valence-electron chi connectivity index (χ4n) is 1.62. The molecule has 0 fully saturated rings. The van der Waals surface area contributed by atoms with Gasteiger partial charge in [-0.2, -0.15) is 5.26 Å². The smallest absolute Gasteiger partial charge is 0.348 e. The predicted molar refractivity (Wildman–Crippen MR) is 63.9 cm³/mol. The highest BCUT2D eigenvalue weighted by molar-refractivity contribution is 6.00. The van der Waals surface area contributed by atoms with E-state index < -0.39 is 5.97 Å².